The van der Waals surface area contributed by atoms with Crippen molar-refractivity contribution < 1.29 is 8.83 Å². The lowest BCUT2D eigenvalue weighted by atomic mass is 9.93. The molecule has 9 aromatic rings. The van der Waals surface area contributed by atoms with E-state index in [4.69, 9.17) is 18.8 Å². The van der Waals surface area contributed by atoms with Crippen molar-refractivity contribution in [2.45, 2.75) is 6.17 Å². The number of hydrogen-bond acceptors (Lipinski definition) is 5. The van der Waals surface area contributed by atoms with E-state index in [1.807, 2.05) is 36.4 Å². The molecule has 0 fully saturated rings. The van der Waals surface area contributed by atoms with E-state index < -0.39 is 6.17 Å². The third kappa shape index (κ3) is 4.25. The molecule has 0 saturated carbocycles. The molecule has 0 spiro atoms. The lowest BCUT2D eigenvalue weighted by Crippen LogP contribution is -2.34. The van der Waals surface area contributed by atoms with Gasteiger partial charge in [0.1, 0.15) is 34.3 Å². The maximum atomic E-state index is 6.40. The summed E-state index contributed by atoms with van der Waals surface area (Å²) in [5, 5.41) is 10.4. The van der Waals surface area contributed by atoms with Crippen molar-refractivity contribution in [1.82, 2.24) is 5.32 Å². The zero-order chi connectivity index (χ0) is 31.6. The molecular weight excluding hydrogens is 590 g/mol. The van der Waals surface area contributed by atoms with Crippen LogP contribution in [0.25, 0.3) is 65.8 Å². The number of hydrogen-bond donors (Lipinski definition) is 1. The number of benzene rings is 7. The maximum absolute atomic E-state index is 6.40. The molecule has 1 N–H and O–H groups in total. The molecular formula is C43H27N3O2. The van der Waals surface area contributed by atoms with Crippen molar-refractivity contribution in [2.75, 3.05) is 0 Å². The molecule has 1 atom stereocenters. The number of aliphatic imine (C=N–C) groups is 2. The van der Waals surface area contributed by atoms with E-state index in [1.54, 1.807) is 0 Å². The quantitative estimate of drug-likeness (QED) is 0.214. The van der Waals surface area contributed by atoms with Gasteiger partial charge >= 0.3 is 0 Å². The standard InChI is InChI=1S/C43H27N3O2/c1-2-11-27(12-3-1)31-22-23-37-39(34-15-7-9-17-36(34)47-37)40(31)43-45-41(29-19-18-26-10-4-5-13-28(26)24-29)44-42(46-43)30-20-21-33-32-14-6-8-16-35(32)48-38(33)25-30/h1-25,43H,(H,44,45,46). The number of nitrogens with zero attached hydrogens (tertiary/aromatic N) is 2. The van der Waals surface area contributed by atoms with Gasteiger partial charge < -0.3 is 14.2 Å². The summed E-state index contributed by atoms with van der Waals surface area (Å²) in [6.07, 6.45) is -0.467. The Labute approximate surface area is 275 Å². The van der Waals surface area contributed by atoms with Crippen LogP contribution in [0.15, 0.2) is 170 Å². The molecule has 1 aliphatic rings. The topological polar surface area (TPSA) is 63.0 Å². The Balaban J connectivity index is 1.23. The summed E-state index contributed by atoms with van der Waals surface area (Å²) in [6.45, 7) is 0. The second kappa shape index (κ2) is 10.5. The molecule has 48 heavy (non-hydrogen) atoms. The molecule has 226 valence electrons. The Morgan fingerprint density at radius 1 is 0.479 bits per heavy atom. The molecule has 10 rings (SSSR count). The summed E-state index contributed by atoms with van der Waals surface area (Å²) in [5.41, 5.74) is 8.44. The average molecular weight is 618 g/mol. The number of fused-ring (bicyclic) bond motifs is 7. The fourth-order valence-corrected chi connectivity index (χ4v) is 7.07. The van der Waals surface area contributed by atoms with Gasteiger partial charge in [0, 0.05) is 38.2 Å². The largest absolute Gasteiger partial charge is 0.456 e. The fraction of sp³-hybridized carbons (Fsp3) is 0.0233. The fourth-order valence-electron chi connectivity index (χ4n) is 7.07. The molecule has 0 bridgehead atoms. The number of rotatable bonds is 4. The summed E-state index contributed by atoms with van der Waals surface area (Å²) >= 11 is 0. The van der Waals surface area contributed by atoms with Crippen molar-refractivity contribution >= 4 is 66.3 Å². The summed E-state index contributed by atoms with van der Waals surface area (Å²) in [4.78, 5) is 10.6. The van der Waals surface area contributed by atoms with Crippen LogP contribution in [0.4, 0.5) is 0 Å². The Morgan fingerprint density at radius 2 is 1.17 bits per heavy atom. The Kier molecular flexibility index (Phi) is 5.87. The average Bonchev–Trinajstić information content (AvgIpc) is 3.72. The maximum Gasteiger partial charge on any atom is 0.159 e. The van der Waals surface area contributed by atoms with Crippen LogP contribution in [0.1, 0.15) is 22.9 Å². The van der Waals surface area contributed by atoms with E-state index in [1.165, 1.54) is 5.39 Å². The number of furan rings is 2. The molecule has 5 nitrogen and oxygen atoms in total. The number of para-hydroxylation sites is 2. The minimum atomic E-state index is -0.467. The SMILES string of the molecule is c1ccc(-c2ccc3oc4ccccc4c3c2C2N=C(c3ccc4c(c3)oc3ccccc34)N=C(c3ccc4ccccc4c3)N2)cc1. The van der Waals surface area contributed by atoms with E-state index in [2.05, 4.69) is 121 Å². The first kappa shape index (κ1) is 26.7. The third-order valence-corrected chi connectivity index (χ3v) is 9.34. The monoisotopic (exact) mass is 617 g/mol. The molecule has 0 saturated heterocycles. The van der Waals surface area contributed by atoms with Gasteiger partial charge in [-0.15, -0.1) is 0 Å². The normalized spacial score (nSPS) is 14.9. The predicted molar refractivity (Wildman–Crippen MR) is 196 cm³/mol. The molecule has 0 radical (unpaired) electrons. The molecule has 0 amide bonds. The highest BCUT2D eigenvalue weighted by molar-refractivity contribution is 6.16. The van der Waals surface area contributed by atoms with Gasteiger partial charge in [-0.2, -0.15) is 0 Å². The first-order valence-corrected chi connectivity index (χ1v) is 16.1. The first-order chi connectivity index (χ1) is 23.8. The van der Waals surface area contributed by atoms with Gasteiger partial charge in [-0.25, -0.2) is 9.98 Å². The van der Waals surface area contributed by atoms with E-state index in [9.17, 15) is 0 Å². The van der Waals surface area contributed by atoms with Crippen LogP contribution >= 0.6 is 0 Å². The lowest BCUT2D eigenvalue weighted by molar-refractivity contribution is 0.662. The van der Waals surface area contributed by atoms with E-state index in [0.717, 1.165) is 82.9 Å². The summed E-state index contributed by atoms with van der Waals surface area (Å²) in [6, 6.07) is 52.2. The van der Waals surface area contributed by atoms with E-state index in [0.29, 0.717) is 5.84 Å². The van der Waals surface area contributed by atoms with E-state index >= 15 is 0 Å². The molecule has 1 aliphatic heterocycles. The number of nitrogens with one attached hydrogen (secondary N) is 1. The Hall–Kier alpha value is -6.46. The van der Waals surface area contributed by atoms with E-state index in [-0.39, 0.29) is 0 Å². The van der Waals surface area contributed by atoms with Crippen LogP contribution < -0.4 is 5.32 Å². The van der Waals surface area contributed by atoms with Crippen LogP contribution in [0.3, 0.4) is 0 Å². The van der Waals surface area contributed by atoms with Gasteiger partial charge in [-0.05, 0) is 58.3 Å². The smallest absolute Gasteiger partial charge is 0.159 e. The second-order valence-corrected chi connectivity index (χ2v) is 12.2. The second-order valence-electron chi connectivity index (χ2n) is 12.2. The van der Waals surface area contributed by atoms with Crippen LogP contribution in [0, 0.1) is 0 Å². The van der Waals surface area contributed by atoms with Crippen molar-refractivity contribution in [3.8, 4) is 11.1 Å². The zero-order valence-electron chi connectivity index (χ0n) is 25.7. The molecule has 0 aliphatic carbocycles. The molecule has 1 unspecified atom stereocenters. The van der Waals surface area contributed by atoms with Crippen molar-refractivity contribution in [3.63, 3.8) is 0 Å². The number of amidine groups is 2. The Bertz CT molecular complexity index is 2770. The minimum Gasteiger partial charge on any atom is -0.456 e. The van der Waals surface area contributed by atoms with Crippen molar-refractivity contribution in [3.05, 3.63) is 168 Å². The van der Waals surface area contributed by atoms with Gasteiger partial charge in [-0.3, -0.25) is 0 Å². The van der Waals surface area contributed by atoms with Crippen LogP contribution in [0.2, 0.25) is 0 Å². The highest BCUT2D eigenvalue weighted by atomic mass is 16.3. The lowest BCUT2D eigenvalue weighted by Gasteiger charge is -2.26. The molecule has 3 heterocycles. The van der Waals surface area contributed by atoms with Crippen molar-refractivity contribution in [1.29, 1.82) is 0 Å². The van der Waals surface area contributed by atoms with Crippen LogP contribution in [-0.2, 0) is 0 Å². The van der Waals surface area contributed by atoms with Gasteiger partial charge in [0.05, 0.1) is 0 Å². The molecule has 2 aromatic heterocycles. The van der Waals surface area contributed by atoms with Crippen LogP contribution in [0.5, 0.6) is 0 Å². The van der Waals surface area contributed by atoms with Gasteiger partial charge in [0.25, 0.3) is 0 Å². The van der Waals surface area contributed by atoms with Crippen molar-refractivity contribution in [2.24, 2.45) is 9.98 Å². The summed E-state index contributed by atoms with van der Waals surface area (Å²) < 4.78 is 12.7. The third-order valence-electron chi connectivity index (χ3n) is 9.34. The highest BCUT2D eigenvalue weighted by Crippen LogP contribution is 2.41. The molecule has 5 heteroatoms. The van der Waals surface area contributed by atoms with Crippen LogP contribution in [-0.4, -0.2) is 11.7 Å². The first-order valence-electron chi connectivity index (χ1n) is 16.1. The summed E-state index contributed by atoms with van der Waals surface area (Å²) in [5.74, 6) is 1.39. The van der Waals surface area contributed by atoms with Gasteiger partial charge in [-0.1, -0.05) is 115 Å². The van der Waals surface area contributed by atoms with Gasteiger partial charge in [0.15, 0.2) is 5.84 Å². The molecule has 7 aromatic carbocycles. The zero-order valence-corrected chi connectivity index (χ0v) is 25.7. The highest BCUT2D eigenvalue weighted by Gasteiger charge is 2.28. The summed E-state index contributed by atoms with van der Waals surface area (Å²) in [7, 11) is 0. The Morgan fingerprint density at radius 3 is 2.04 bits per heavy atom. The minimum absolute atomic E-state index is 0.467. The predicted octanol–water partition coefficient (Wildman–Crippen LogP) is 10.8. The van der Waals surface area contributed by atoms with Gasteiger partial charge in [0.2, 0.25) is 0 Å².